The fourth-order valence-electron chi connectivity index (χ4n) is 12.1. The summed E-state index contributed by atoms with van der Waals surface area (Å²) in [5, 5.41) is 6.98. The average Bonchev–Trinajstić information content (AvgIpc) is 4.15. The standard InChI is InChI=1S/C65H39NO2/c1-2-15-45-40(14-1)34-39-57-61(45)54-19-4-8-26-56(54)65(57)55-25-7-3-16-48(55)51-22-11-20-46(62(51)65)41-30-35-43(36-31-41)66(58-27-13-24-53-50-18-6-10-29-60(50)68-64(53)58)44-37-32-42(33-38-44)47-21-12-23-52-49-17-5-9-28-59(49)67-63(47)52/h1-39H. The summed E-state index contributed by atoms with van der Waals surface area (Å²) < 4.78 is 13.2. The average molecular weight is 866 g/mol. The maximum absolute atomic E-state index is 6.74. The Balaban J connectivity index is 0.910. The second kappa shape index (κ2) is 14.0. The zero-order chi connectivity index (χ0) is 44.5. The molecule has 0 N–H and O–H groups in total. The Kier molecular flexibility index (Phi) is 7.71. The predicted molar refractivity (Wildman–Crippen MR) is 280 cm³/mol. The number of furan rings is 2. The van der Waals surface area contributed by atoms with E-state index in [0.29, 0.717) is 0 Å². The molecule has 13 aromatic rings. The van der Waals surface area contributed by atoms with Gasteiger partial charge < -0.3 is 13.7 Å². The third-order valence-electron chi connectivity index (χ3n) is 14.9. The first-order valence-electron chi connectivity index (χ1n) is 23.4. The summed E-state index contributed by atoms with van der Waals surface area (Å²) in [7, 11) is 0. The van der Waals surface area contributed by atoms with Gasteiger partial charge in [0.05, 0.1) is 11.1 Å². The van der Waals surface area contributed by atoms with Crippen LogP contribution >= 0.6 is 0 Å². The minimum absolute atomic E-state index is 0.491. The van der Waals surface area contributed by atoms with Crippen molar-refractivity contribution in [1.29, 1.82) is 0 Å². The first kappa shape index (κ1) is 37.3. The number of anilines is 3. The summed E-state index contributed by atoms with van der Waals surface area (Å²) in [6, 6.07) is 86.2. The van der Waals surface area contributed by atoms with Gasteiger partial charge in [0.2, 0.25) is 0 Å². The number of hydrogen-bond donors (Lipinski definition) is 0. The van der Waals surface area contributed by atoms with Gasteiger partial charge in [0, 0.05) is 38.5 Å². The Labute approximate surface area is 392 Å². The van der Waals surface area contributed by atoms with Crippen LogP contribution in [0.1, 0.15) is 22.3 Å². The summed E-state index contributed by atoms with van der Waals surface area (Å²) >= 11 is 0. The monoisotopic (exact) mass is 865 g/mol. The Bertz CT molecular complexity index is 4210. The smallest absolute Gasteiger partial charge is 0.159 e. The first-order chi connectivity index (χ1) is 33.7. The summed E-state index contributed by atoms with van der Waals surface area (Å²) in [5.74, 6) is 0. The summed E-state index contributed by atoms with van der Waals surface area (Å²) in [4.78, 5) is 2.33. The van der Waals surface area contributed by atoms with Crippen molar-refractivity contribution in [3.63, 3.8) is 0 Å². The molecule has 2 aliphatic carbocycles. The molecule has 2 aliphatic rings. The van der Waals surface area contributed by atoms with E-state index in [1.54, 1.807) is 0 Å². The van der Waals surface area contributed by atoms with E-state index in [0.717, 1.165) is 72.1 Å². The Morgan fingerprint density at radius 3 is 1.54 bits per heavy atom. The molecular formula is C65H39NO2. The van der Waals surface area contributed by atoms with Crippen LogP contribution in [0, 0.1) is 0 Å². The van der Waals surface area contributed by atoms with E-state index >= 15 is 0 Å². The lowest BCUT2D eigenvalue weighted by Crippen LogP contribution is -2.26. The third kappa shape index (κ3) is 5.02. The Hall–Kier alpha value is -8.92. The van der Waals surface area contributed by atoms with Gasteiger partial charge >= 0.3 is 0 Å². The molecule has 0 radical (unpaired) electrons. The van der Waals surface area contributed by atoms with Crippen LogP contribution in [0.3, 0.4) is 0 Å². The van der Waals surface area contributed by atoms with Crippen molar-refractivity contribution in [2.24, 2.45) is 0 Å². The molecule has 0 amide bonds. The van der Waals surface area contributed by atoms with Crippen molar-refractivity contribution in [3.05, 3.63) is 259 Å². The molecule has 316 valence electrons. The maximum atomic E-state index is 6.74. The number of para-hydroxylation sites is 4. The zero-order valence-electron chi connectivity index (χ0n) is 36.8. The largest absolute Gasteiger partial charge is 0.455 e. The molecule has 2 aromatic heterocycles. The van der Waals surface area contributed by atoms with E-state index in [4.69, 9.17) is 8.83 Å². The third-order valence-corrected chi connectivity index (χ3v) is 14.9. The molecule has 0 bridgehead atoms. The first-order valence-corrected chi connectivity index (χ1v) is 23.4. The Morgan fingerprint density at radius 1 is 0.309 bits per heavy atom. The van der Waals surface area contributed by atoms with E-state index in [9.17, 15) is 0 Å². The highest BCUT2D eigenvalue weighted by atomic mass is 16.3. The molecule has 0 fully saturated rings. The van der Waals surface area contributed by atoms with Gasteiger partial charge in [0.1, 0.15) is 16.7 Å². The van der Waals surface area contributed by atoms with E-state index in [1.165, 1.54) is 66.4 Å². The second-order valence-corrected chi connectivity index (χ2v) is 18.2. The summed E-state index contributed by atoms with van der Waals surface area (Å²) in [6.07, 6.45) is 0. The highest BCUT2D eigenvalue weighted by Gasteiger charge is 2.53. The molecule has 68 heavy (non-hydrogen) atoms. The van der Waals surface area contributed by atoms with Gasteiger partial charge in [-0.2, -0.15) is 0 Å². The summed E-state index contributed by atoms with van der Waals surface area (Å²) in [5.41, 5.74) is 21.2. The van der Waals surface area contributed by atoms with Crippen LogP contribution in [0.4, 0.5) is 17.1 Å². The van der Waals surface area contributed by atoms with Crippen molar-refractivity contribution in [2.75, 3.05) is 4.90 Å². The molecule has 2 heterocycles. The SMILES string of the molecule is c1ccc2c(c1)-c1cccc(-c3ccc(N(c4ccc(-c5cccc6c5oc5ccccc56)cc4)c4cccc5c4oc4ccccc45)cc3)c1C21c2ccccc2-c2c1ccc1ccccc21. The normalized spacial score (nSPS) is 14.5. The number of nitrogens with zero attached hydrogens (tertiary/aromatic N) is 1. The molecule has 0 saturated carbocycles. The van der Waals surface area contributed by atoms with Gasteiger partial charge in [0.15, 0.2) is 5.58 Å². The van der Waals surface area contributed by atoms with E-state index < -0.39 is 5.41 Å². The van der Waals surface area contributed by atoms with Crippen LogP contribution in [0.2, 0.25) is 0 Å². The van der Waals surface area contributed by atoms with E-state index in [-0.39, 0.29) is 0 Å². The van der Waals surface area contributed by atoms with Crippen LogP contribution in [-0.4, -0.2) is 0 Å². The van der Waals surface area contributed by atoms with Gasteiger partial charge in [-0.15, -0.1) is 0 Å². The van der Waals surface area contributed by atoms with Crippen molar-refractivity contribution in [2.45, 2.75) is 5.41 Å². The lowest BCUT2D eigenvalue weighted by Gasteiger charge is -2.32. The zero-order valence-corrected chi connectivity index (χ0v) is 36.8. The topological polar surface area (TPSA) is 29.5 Å². The lowest BCUT2D eigenvalue weighted by atomic mass is 9.68. The number of benzene rings is 11. The highest BCUT2D eigenvalue weighted by Crippen LogP contribution is 2.65. The molecule has 1 atom stereocenters. The maximum Gasteiger partial charge on any atom is 0.159 e. The molecule has 0 saturated heterocycles. The van der Waals surface area contributed by atoms with Crippen molar-refractivity contribution >= 4 is 71.7 Å². The molecule has 11 aromatic carbocycles. The predicted octanol–water partition coefficient (Wildman–Crippen LogP) is 17.8. The van der Waals surface area contributed by atoms with E-state index in [2.05, 4.69) is 223 Å². The minimum atomic E-state index is -0.491. The number of hydrogen-bond acceptors (Lipinski definition) is 3. The van der Waals surface area contributed by atoms with Crippen LogP contribution in [0.25, 0.3) is 99.2 Å². The molecule has 15 rings (SSSR count). The van der Waals surface area contributed by atoms with Gasteiger partial charge in [-0.25, -0.2) is 0 Å². The van der Waals surface area contributed by atoms with Crippen molar-refractivity contribution in [3.8, 4) is 44.5 Å². The quantitative estimate of drug-likeness (QED) is 0.173. The molecular weight excluding hydrogens is 827 g/mol. The Morgan fingerprint density at radius 2 is 0.809 bits per heavy atom. The fraction of sp³-hybridized carbons (Fsp3) is 0.0154. The van der Waals surface area contributed by atoms with Crippen LogP contribution < -0.4 is 4.90 Å². The van der Waals surface area contributed by atoms with Crippen LogP contribution in [-0.2, 0) is 5.41 Å². The van der Waals surface area contributed by atoms with Gasteiger partial charge in [-0.1, -0.05) is 194 Å². The fourth-order valence-corrected chi connectivity index (χ4v) is 12.1. The highest BCUT2D eigenvalue weighted by molar-refractivity contribution is 6.12. The van der Waals surface area contributed by atoms with Gasteiger partial charge in [0.25, 0.3) is 0 Å². The van der Waals surface area contributed by atoms with Gasteiger partial charge in [-0.3, -0.25) is 0 Å². The van der Waals surface area contributed by atoms with Crippen molar-refractivity contribution < 1.29 is 8.83 Å². The molecule has 3 heteroatoms. The lowest BCUT2D eigenvalue weighted by molar-refractivity contribution is 0.669. The van der Waals surface area contributed by atoms with Crippen LogP contribution in [0.15, 0.2) is 245 Å². The number of fused-ring (bicyclic) bond motifs is 18. The van der Waals surface area contributed by atoms with Gasteiger partial charge in [-0.05, 0) is 114 Å². The molecule has 0 aliphatic heterocycles. The second-order valence-electron chi connectivity index (χ2n) is 18.2. The molecule has 1 unspecified atom stereocenters. The minimum Gasteiger partial charge on any atom is -0.455 e. The van der Waals surface area contributed by atoms with E-state index in [1.807, 2.05) is 18.2 Å². The molecule has 3 nitrogen and oxygen atoms in total. The summed E-state index contributed by atoms with van der Waals surface area (Å²) in [6.45, 7) is 0. The van der Waals surface area contributed by atoms with Crippen LogP contribution in [0.5, 0.6) is 0 Å². The number of rotatable bonds is 5. The molecule has 1 spiro atoms. The van der Waals surface area contributed by atoms with Crippen molar-refractivity contribution in [1.82, 2.24) is 0 Å².